The Morgan fingerprint density at radius 2 is 2.04 bits per heavy atom. The summed E-state index contributed by atoms with van der Waals surface area (Å²) in [4.78, 5) is 36.8. The van der Waals surface area contributed by atoms with Gasteiger partial charge >= 0.3 is 11.7 Å². The summed E-state index contributed by atoms with van der Waals surface area (Å²) in [6.45, 7) is -0.0423. The van der Waals surface area contributed by atoms with E-state index in [0.717, 1.165) is 4.57 Å². The molecule has 1 aliphatic heterocycles. The maximum atomic E-state index is 11.9. The fourth-order valence-corrected chi connectivity index (χ4v) is 2.54. The molecule has 0 amide bonds. The van der Waals surface area contributed by atoms with E-state index in [1.807, 2.05) is 0 Å². The van der Waals surface area contributed by atoms with Gasteiger partial charge in [-0.25, -0.2) is 9.59 Å². The van der Waals surface area contributed by atoms with Gasteiger partial charge in [0, 0.05) is 18.7 Å². The fourth-order valence-electron chi connectivity index (χ4n) is 2.54. The van der Waals surface area contributed by atoms with Crippen molar-refractivity contribution in [2.24, 2.45) is 0 Å². The number of hydrogen-bond acceptors (Lipinski definition) is 6. The van der Waals surface area contributed by atoms with Gasteiger partial charge in [0.1, 0.15) is 12.7 Å². The highest BCUT2D eigenvalue weighted by Gasteiger charge is 2.36. The zero-order chi connectivity index (χ0) is 17.1. The molecule has 2 heterocycles. The number of hydrogen-bond donors (Lipinski definition) is 2. The largest absolute Gasteiger partial charge is 0.459 e. The molecular weight excluding hydrogens is 316 g/mol. The topological polar surface area (TPSA) is 111 Å². The lowest BCUT2D eigenvalue weighted by Crippen LogP contribution is -2.35. The second kappa shape index (κ2) is 6.81. The predicted octanol–water partition coefficient (Wildman–Crippen LogP) is 0.0420. The van der Waals surface area contributed by atoms with E-state index in [4.69, 9.17) is 9.47 Å². The Morgan fingerprint density at radius 1 is 1.29 bits per heavy atom. The van der Waals surface area contributed by atoms with Crippen LogP contribution in [0, 0.1) is 0 Å². The molecule has 1 saturated heterocycles. The summed E-state index contributed by atoms with van der Waals surface area (Å²) in [6.07, 6.45) is -0.966. The van der Waals surface area contributed by atoms with E-state index in [1.165, 1.54) is 12.3 Å². The monoisotopic (exact) mass is 332 g/mol. The SMILES string of the molecule is O=C(OCC1CC(O)C(n2ccc(=O)[nH]c2=O)O1)c1ccccc1. The first-order valence-corrected chi connectivity index (χ1v) is 7.42. The van der Waals surface area contributed by atoms with Crippen molar-refractivity contribution in [2.45, 2.75) is 24.9 Å². The second-order valence-corrected chi connectivity index (χ2v) is 5.43. The molecule has 8 heteroatoms. The molecule has 0 aliphatic carbocycles. The van der Waals surface area contributed by atoms with Crippen molar-refractivity contribution in [1.82, 2.24) is 9.55 Å². The van der Waals surface area contributed by atoms with Gasteiger partial charge in [-0.15, -0.1) is 0 Å². The van der Waals surface area contributed by atoms with E-state index < -0.39 is 35.7 Å². The number of esters is 1. The molecule has 1 aliphatic rings. The van der Waals surface area contributed by atoms with Crippen molar-refractivity contribution < 1.29 is 19.4 Å². The highest BCUT2D eigenvalue weighted by molar-refractivity contribution is 5.89. The minimum absolute atomic E-state index is 0.0423. The lowest BCUT2D eigenvalue weighted by atomic mass is 10.2. The van der Waals surface area contributed by atoms with E-state index in [9.17, 15) is 19.5 Å². The molecule has 2 N–H and O–H groups in total. The number of ether oxygens (including phenoxy) is 2. The first-order chi connectivity index (χ1) is 11.5. The van der Waals surface area contributed by atoms with Crippen molar-refractivity contribution >= 4 is 5.97 Å². The fraction of sp³-hybridized carbons (Fsp3) is 0.312. The summed E-state index contributed by atoms with van der Waals surface area (Å²) in [6, 6.07) is 9.68. The van der Waals surface area contributed by atoms with Gasteiger partial charge in [0.25, 0.3) is 5.56 Å². The maximum Gasteiger partial charge on any atom is 0.338 e. The molecule has 24 heavy (non-hydrogen) atoms. The number of aromatic nitrogens is 2. The van der Waals surface area contributed by atoms with Crippen molar-refractivity contribution in [2.75, 3.05) is 6.61 Å². The summed E-state index contributed by atoms with van der Waals surface area (Å²) >= 11 is 0. The molecule has 0 saturated carbocycles. The molecule has 0 spiro atoms. The molecule has 126 valence electrons. The number of nitrogens with one attached hydrogen (secondary N) is 1. The van der Waals surface area contributed by atoms with Gasteiger partial charge in [0.05, 0.1) is 11.7 Å². The van der Waals surface area contributed by atoms with Crippen LogP contribution in [0.3, 0.4) is 0 Å². The van der Waals surface area contributed by atoms with E-state index in [1.54, 1.807) is 30.3 Å². The first kappa shape index (κ1) is 16.2. The smallest absolute Gasteiger partial charge is 0.338 e. The van der Waals surface area contributed by atoms with Gasteiger partial charge in [0.2, 0.25) is 0 Å². The minimum atomic E-state index is -0.950. The molecule has 3 atom stereocenters. The molecule has 1 aromatic carbocycles. The number of rotatable bonds is 4. The van der Waals surface area contributed by atoms with Crippen LogP contribution in [0.1, 0.15) is 23.0 Å². The van der Waals surface area contributed by atoms with Crippen LogP contribution in [-0.4, -0.2) is 39.4 Å². The van der Waals surface area contributed by atoms with E-state index >= 15 is 0 Å². The zero-order valence-corrected chi connectivity index (χ0v) is 12.6. The van der Waals surface area contributed by atoms with Crippen molar-refractivity contribution in [3.05, 3.63) is 69.0 Å². The van der Waals surface area contributed by atoms with Gasteiger partial charge in [-0.05, 0) is 12.1 Å². The number of carbonyl (C=O) groups excluding carboxylic acids is 1. The normalized spacial score (nSPS) is 23.1. The minimum Gasteiger partial charge on any atom is -0.459 e. The number of H-pyrrole nitrogens is 1. The van der Waals surface area contributed by atoms with Crippen LogP contribution in [0.2, 0.25) is 0 Å². The lowest BCUT2D eigenvalue weighted by molar-refractivity contribution is -0.0571. The van der Waals surface area contributed by atoms with Crippen molar-refractivity contribution in [3.63, 3.8) is 0 Å². The number of benzene rings is 1. The standard InChI is InChI=1S/C16H16N2O6/c19-12-8-11(9-23-15(21)10-4-2-1-3-5-10)24-14(12)18-7-6-13(20)17-16(18)22/h1-7,11-12,14,19H,8-9H2,(H,17,20,22). The average Bonchev–Trinajstić information content (AvgIpc) is 2.94. The van der Waals surface area contributed by atoms with Gasteiger partial charge in [-0.2, -0.15) is 0 Å². The summed E-state index contributed by atoms with van der Waals surface area (Å²) in [5.41, 5.74) is -0.782. The maximum absolute atomic E-state index is 11.9. The van der Waals surface area contributed by atoms with Crippen LogP contribution in [0.15, 0.2) is 52.2 Å². The predicted molar refractivity (Wildman–Crippen MR) is 82.6 cm³/mol. The highest BCUT2D eigenvalue weighted by atomic mass is 16.6. The van der Waals surface area contributed by atoms with E-state index in [0.29, 0.717) is 5.56 Å². The summed E-state index contributed by atoms with van der Waals surface area (Å²) < 4.78 is 11.9. The van der Waals surface area contributed by atoms with Crippen LogP contribution in [0.4, 0.5) is 0 Å². The summed E-state index contributed by atoms with van der Waals surface area (Å²) in [5.74, 6) is -0.488. The van der Waals surface area contributed by atoms with Gasteiger partial charge in [-0.1, -0.05) is 18.2 Å². The average molecular weight is 332 g/mol. The van der Waals surface area contributed by atoms with Crippen LogP contribution in [0.5, 0.6) is 0 Å². The quantitative estimate of drug-likeness (QED) is 0.765. The molecule has 3 rings (SSSR count). The van der Waals surface area contributed by atoms with Crippen LogP contribution in [-0.2, 0) is 9.47 Å². The number of carbonyl (C=O) groups is 1. The number of nitrogens with zero attached hydrogens (tertiary/aromatic N) is 1. The van der Waals surface area contributed by atoms with Gasteiger partial charge in [0.15, 0.2) is 6.23 Å². The third kappa shape index (κ3) is 3.44. The zero-order valence-electron chi connectivity index (χ0n) is 12.6. The number of aliphatic hydroxyl groups is 1. The molecular formula is C16H16N2O6. The lowest BCUT2D eigenvalue weighted by Gasteiger charge is -2.17. The van der Waals surface area contributed by atoms with E-state index in [2.05, 4.69) is 4.98 Å². The summed E-state index contributed by atoms with van der Waals surface area (Å²) in [7, 11) is 0. The Balaban J connectivity index is 1.63. The molecule has 0 radical (unpaired) electrons. The molecule has 1 fully saturated rings. The number of aliphatic hydroxyl groups excluding tert-OH is 1. The third-order valence-electron chi connectivity index (χ3n) is 3.70. The Hall–Kier alpha value is -2.71. The second-order valence-electron chi connectivity index (χ2n) is 5.43. The van der Waals surface area contributed by atoms with E-state index in [-0.39, 0.29) is 13.0 Å². The van der Waals surface area contributed by atoms with Crippen molar-refractivity contribution in [3.8, 4) is 0 Å². The third-order valence-corrected chi connectivity index (χ3v) is 3.70. The van der Waals surface area contributed by atoms with Crippen LogP contribution < -0.4 is 11.2 Å². The Bertz CT molecular complexity index is 828. The van der Waals surface area contributed by atoms with Crippen LogP contribution in [0.25, 0.3) is 0 Å². The first-order valence-electron chi connectivity index (χ1n) is 7.42. The van der Waals surface area contributed by atoms with Gasteiger partial charge < -0.3 is 14.6 Å². The number of aromatic amines is 1. The molecule has 8 nitrogen and oxygen atoms in total. The Labute approximate surface area is 136 Å². The van der Waals surface area contributed by atoms with Crippen LogP contribution >= 0.6 is 0 Å². The Kier molecular flexibility index (Phi) is 4.59. The molecule has 0 bridgehead atoms. The van der Waals surface area contributed by atoms with Gasteiger partial charge in [-0.3, -0.25) is 14.3 Å². The Morgan fingerprint density at radius 3 is 2.75 bits per heavy atom. The molecule has 1 aromatic heterocycles. The van der Waals surface area contributed by atoms with Crippen molar-refractivity contribution in [1.29, 1.82) is 0 Å². The summed E-state index contributed by atoms with van der Waals surface area (Å²) in [5, 5.41) is 10.1. The highest BCUT2D eigenvalue weighted by Crippen LogP contribution is 2.27. The molecule has 2 aromatic rings. The molecule has 3 unspecified atom stereocenters.